The van der Waals surface area contributed by atoms with Gasteiger partial charge in [-0.1, -0.05) is 24.3 Å². The van der Waals surface area contributed by atoms with Crippen LogP contribution >= 0.6 is 0 Å². The molecular formula is C20H30N2O3. The molecule has 5 heteroatoms. The molecule has 5 nitrogen and oxygen atoms in total. The molecule has 0 spiro atoms. The minimum absolute atomic E-state index is 0.0341. The van der Waals surface area contributed by atoms with Crippen LogP contribution < -0.4 is 5.32 Å². The lowest BCUT2D eigenvalue weighted by molar-refractivity contribution is -0.135. The van der Waals surface area contributed by atoms with Gasteiger partial charge in [-0.05, 0) is 43.7 Å². The predicted octanol–water partition coefficient (Wildman–Crippen LogP) is 2.14. The summed E-state index contributed by atoms with van der Waals surface area (Å²) in [6, 6.07) is 8.61. The zero-order valence-electron chi connectivity index (χ0n) is 15.2. The molecule has 1 fully saturated rings. The van der Waals surface area contributed by atoms with Gasteiger partial charge in [0, 0.05) is 32.8 Å². The summed E-state index contributed by atoms with van der Waals surface area (Å²) in [5.41, 5.74) is 2.86. The van der Waals surface area contributed by atoms with Crippen LogP contribution in [-0.4, -0.2) is 55.9 Å². The lowest BCUT2D eigenvalue weighted by Crippen LogP contribution is -2.41. The Hall–Kier alpha value is -1.43. The first-order valence-electron chi connectivity index (χ1n) is 9.52. The van der Waals surface area contributed by atoms with Gasteiger partial charge in [0.15, 0.2) is 0 Å². The van der Waals surface area contributed by atoms with Crippen LogP contribution in [0.25, 0.3) is 0 Å². The molecule has 1 amide bonds. The summed E-state index contributed by atoms with van der Waals surface area (Å²) in [4.78, 5) is 14.6. The number of hydrogen-bond donors (Lipinski definition) is 1. The lowest BCUT2D eigenvalue weighted by atomic mass is 10.00. The minimum atomic E-state index is -0.424. The summed E-state index contributed by atoms with van der Waals surface area (Å²) < 4.78 is 11.3. The number of fused-ring (bicyclic) bond motifs is 1. The summed E-state index contributed by atoms with van der Waals surface area (Å²) in [6.07, 6.45) is 4.17. The number of nitrogens with zero attached hydrogens (tertiary/aromatic N) is 1. The van der Waals surface area contributed by atoms with E-state index in [1.807, 2.05) is 6.92 Å². The molecule has 25 heavy (non-hydrogen) atoms. The number of carbonyl (C=O) groups excluding carboxylic acids is 1. The third-order valence-electron chi connectivity index (χ3n) is 5.11. The molecule has 3 rings (SSSR count). The standard InChI is InChI=1S/C20H30N2O3/c1-16(25-15-19-8-4-5-13-24-19)20(23)21-10-12-22-11-9-17-6-2-3-7-18(17)14-22/h2-3,6-7,16,19H,4-5,8-15H2,1H3,(H,21,23). The van der Waals surface area contributed by atoms with Gasteiger partial charge < -0.3 is 14.8 Å². The molecule has 1 aromatic rings. The molecular weight excluding hydrogens is 316 g/mol. The Morgan fingerprint density at radius 2 is 2.20 bits per heavy atom. The highest BCUT2D eigenvalue weighted by Crippen LogP contribution is 2.17. The van der Waals surface area contributed by atoms with Gasteiger partial charge in [0.25, 0.3) is 0 Å². The summed E-state index contributed by atoms with van der Waals surface area (Å²) in [7, 11) is 0. The van der Waals surface area contributed by atoms with E-state index in [0.717, 1.165) is 45.5 Å². The zero-order valence-corrected chi connectivity index (χ0v) is 15.2. The van der Waals surface area contributed by atoms with Crippen molar-refractivity contribution in [3.05, 3.63) is 35.4 Å². The monoisotopic (exact) mass is 346 g/mol. The van der Waals surface area contributed by atoms with Crippen LogP contribution in [0.5, 0.6) is 0 Å². The van der Waals surface area contributed by atoms with Crippen LogP contribution in [-0.2, 0) is 27.2 Å². The van der Waals surface area contributed by atoms with E-state index >= 15 is 0 Å². The highest BCUT2D eigenvalue weighted by atomic mass is 16.5. The molecule has 0 bridgehead atoms. The number of hydrogen-bond acceptors (Lipinski definition) is 4. The van der Waals surface area contributed by atoms with Crippen LogP contribution in [0.4, 0.5) is 0 Å². The highest BCUT2D eigenvalue weighted by molar-refractivity contribution is 5.80. The first kappa shape index (κ1) is 18.4. The Morgan fingerprint density at radius 3 is 3.00 bits per heavy atom. The van der Waals surface area contributed by atoms with E-state index in [0.29, 0.717) is 13.2 Å². The largest absolute Gasteiger partial charge is 0.376 e. The minimum Gasteiger partial charge on any atom is -0.376 e. The molecule has 2 aliphatic heterocycles. The summed E-state index contributed by atoms with van der Waals surface area (Å²) in [5, 5.41) is 3.00. The molecule has 0 radical (unpaired) electrons. The fraction of sp³-hybridized carbons (Fsp3) is 0.650. The predicted molar refractivity (Wildman–Crippen MR) is 97.4 cm³/mol. The van der Waals surface area contributed by atoms with E-state index in [1.54, 1.807) is 0 Å². The fourth-order valence-electron chi connectivity index (χ4n) is 3.49. The van der Waals surface area contributed by atoms with Gasteiger partial charge in [-0.25, -0.2) is 0 Å². The van der Waals surface area contributed by atoms with E-state index in [-0.39, 0.29) is 12.0 Å². The molecule has 1 saturated heterocycles. The van der Waals surface area contributed by atoms with Crippen molar-refractivity contribution in [1.82, 2.24) is 10.2 Å². The van der Waals surface area contributed by atoms with Crippen LogP contribution in [0, 0.1) is 0 Å². The number of benzene rings is 1. The summed E-state index contributed by atoms with van der Waals surface area (Å²) in [5.74, 6) is -0.0341. The number of rotatable bonds is 7. The van der Waals surface area contributed by atoms with Crippen molar-refractivity contribution >= 4 is 5.91 Å². The molecule has 0 aromatic heterocycles. The molecule has 0 saturated carbocycles. The van der Waals surface area contributed by atoms with E-state index in [9.17, 15) is 4.79 Å². The first-order valence-corrected chi connectivity index (χ1v) is 9.52. The second-order valence-corrected chi connectivity index (χ2v) is 7.05. The fourth-order valence-corrected chi connectivity index (χ4v) is 3.49. The molecule has 2 atom stereocenters. The van der Waals surface area contributed by atoms with Crippen molar-refractivity contribution in [2.24, 2.45) is 0 Å². The van der Waals surface area contributed by atoms with Crippen molar-refractivity contribution in [3.8, 4) is 0 Å². The Morgan fingerprint density at radius 1 is 1.36 bits per heavy atom. The van der Waals surface area contributed by atoms with Crippen LogP contribution in [0.2, 0.25) is 0 Å². The SMILES string of the molecule is CC(OCC1CCCCO1)C(=O)NCCN1CCc2ccccc2C1. The third-order valence-corrected chi connectivity index (χ3v) is 5.11. The molecule has 1 N–H and O–H groups in total. The normalized spacial score (nSPS) is 22.2. The maximum atomic E-state index is 12.2. The average molecular weight is 346 g/mol. The summed E-state index contributed by atoms with van der Waals surface area (Å²) >= 11 is 0. The Labute approximate surface area is 150 Å². The Balaban J connectivity index is 1.32. The van der Waals surface area contributed by atoms with Crippen LogP contribution in [0.3, 0.4) is 0 Å². The van der Waals surface area contributed by atoms with Crippen molar-refractivity contribution in [3.63, 3.8) is 0 Å². The van der Waals surface area contributed by atoms with E-state index in [4.69, 9.17) is 9.47 Å². The third kappa shape index (κ3) is 5.53. The average Bonchev–Trinajstić information content (AvgIpc) is 2.66. The molecule has 138 valence electrons. The van der Waals surface area contributed by atoms with Crippen LogP contribution in [0.1, 0.15) is 37.3 Å². The van der Waals surface area contributed by atoms with Crippen molar-refractivity contribution < 1.29 is 14.3 Å². The zero-order chi connectivity index (χ0) is 17.5. The van der Waals surface area contributed by atoms with E-state index < -0.39 is 6.10 Å². The van der Waals surface area contributed by atoms with Gasteiger partial charge in [-0.15, -0.1) is 0 Å². The Kier molecular flexibility index (Phi) is 6.84. The smallest absolute Gasteiger partial charge is 0.248 e. The van der Waals surface area contributed by atoms with Crippen LogP contribution in [0.15, 0.2) is 24.3 Å². The van der Waals surface area contributed by atoms with Gasteiger partial charge in [-0.3, -0.25) is 9.69 Å². The van der Waals surface area contributed by atoms with Gasteiger partial charge in [0.05, 0.1) is 12.7 Å². The van der Waals surface area contributed by atoms with Crippen molar-refractivity contribution in [2.45, 2.75) is 51.4 Å². The molecule has 0 aliphatic carbocycles. The number of carbonyl (C=O) groups is 1. The van der Waals surface area contributed by atoms with E-state index in [2.05, 4.69) is 34.5 Å². The highest BCUT2D eigenvalue weighted by Gasteiger charge is 2.19. The summed E-state index contributed by atoms with van der Waals surface area (Å²) in [6.45, 7) is 6.70. The second-order valence-electron chi connectivity index (χ2n) is 7.05. The van der Waals surface area contributed by atoms with Crippen molar-refractivity contribution in [1.29, 1.82) is 0 Å². The molecule has 2 heterocycles. The van der Waals surface area contributed by atoms with Gasteiger partial charge in [0.1, 0.15) is 6.10 Å². The van der Waals surface area contributed by atoms with Gasteiger partial charge in [0.2, 0.25) is 5.91 Å². The van der Waals surface area contributed by atoms with Gasteiger partial charge in [-0.2, -0.15) is 0 Å². The maximum Gasteiger partial charge on any atom is 0.248 e. The second kappa shape index (κ2) is 9.32. The number of amides is 1. The van der Waals surface area contributed by atoms with Gasteiger partial charge >= 0.3 is 0 Å². The quantitative estimate of drug-likeness (QED) is 0.822. The maximum absolute atomic E-state index is 12.2. The molecule has 2 unspecified atom stereocenters. The Bertz CT molecular complexity index is 558. The van der Waals surface area contributed by atoms with Crippen molar-refractivity contribution in [2.75, 3.05) is 32.8 Å². The lowest BCUT2D eigenvalue weighted by Gasteiger charge is -2.29. The topological polar surface area (TPSA) is 50.8 Å². The number of nitrogens with one attached hydrogen (secondary N) is 1. The van der Waals surface area contributed by atoms with E-state index in [1.165, 1.54) is 17.5 Å². The molecule has 1 aromatic carbocycles. The number of ether oxygens (including phenoxy) is 2. The molecule has 2 aliphatic rings. The first-order chi connectivity index (χ1) is 12.2.